The number of aromatic nitrogens is 3. The average Bonchev–Trinajstić information content (AvgIpc) is 3.29. The molecule has 3 N–H and O–H groups in total. The molecule has 1 fully saturated rings. The number of hydrogen-bond acceptors (Lipinski definition) is 11. The molecule has 40 heavy (non-hydrogen) atoms. The lowest BCUT2D eigenvalue weighted by Gasteiger charge is -2.27. The third-order valence-electron chi connectivity index (χ3n) is 6.85. The standard InChI is InChI=1S/C26H32ClFN8O4/c1-26(2,37)16-9-18(28)17(27)10-19(16)31-24-29-14-30-25(33-24)32-20-11-22(36(38)39)21(12-23(20)40-5)35(4)13-15-7-6-8-34(15)3/h9-12,14-15,37H,6-8,13H2,1-5H3,(H2,29,30,31,32,33)/t15-/m0/s1. The predicted octanol–water partition coefficient (Wildman–Crippen LogP) is 4.83. The number of nitro groups is 1. The molecule has 0 radical (unpaired) electrons. The molecule has 12 nitrogen and oxygen atoms in total. The van der Waals surface area contributed by atoms with Crippen LogP contribution in [0.1, 0.15) is 32.3 Å². The highest BCUT2D eigenvalue weighted by Crippen LogP contribution is 2.39. The summed E-state index contributed by atoms with van der Waals surface area (Å²) < 4.78 is 19.7. The summed E-state index contributed by atoms with van der Waals surface area (Å²) in [5.74, 6) is -0.190. The number of likely N-dealkylation sites (N-methyl/N-ethyl adjacent to an activating group) is 2. The summed E-state index contributed by atoms with van der Waals surface area (Å²) in [7, 11) is 5.35. The summed E-state index contributed by atoms with van der Waals surface area (Å²) in [4.78, 5) is 28.3. The molecule has 1 aliphatic rings. The summed E-state index contributed by atoms with van der Waals surface area (Å²) in [5, 5.41) is 28.3. The van der Waals surface area contributed by atoms with Gasteiger partial charge in [-0.25, -0.2) is 14.4 Å². The normalized spacial score (nSPS) is 15.7. The van der Waals surface area contributed by atoms with Gasteiger partial charge in [0.2, 0.25) is 11.9 Å². The van der Waals surface area contributed by atoms with Crippen LogP contribution in [0.15, 0.2) is 30.6 Å². The van der Waals surface area contributed by atoms with E-state index < -0.39 is 16.3 Å². The number of rotatable bonds is 10. The number of anilines is 5. The second kappa shape index (κ2) is 11.7. The highest BCUT2D eigenvalue weighted by molar-refractivity contribution is 6.31. The van der Waals surface area contributed by atoms with Crippen molar-refractivity contribution in [3.8, 4) is 5.75 Å². The van der Waals surface area contributed by atoms with E-state index in [0.29, 0.717) is 29.7 Å². The van der Waals surface area contributed by atoms with Gasteiger partial charge in [0.25, 0.3) is 5.69 Å². The first kappa shape index (κ1) is 29.2. The first-order valence-corrected chi connectivity index (χ1v) is 13.0. The van der Waals surface area contributed by atoms with E-state index in [-0.39, 0.29) is 33.9 Å². The van der Waals surface area contributed by atoms with Crippen LogP contribution in [0.25, 0.3) is 0 Å². The Balaban J connectivity index is 1.62. The van der Waals surface area contributed by atoms with Crippen LogP contribution in [-0.4, -0.2) is 70.2 Å². The average molecular weight is 575 g/mol. The first-order chi connectivity index (χ1) is 18.9. The van der Waals surface area contributed by atoms with Gasteiger partial charge in [0, 0.05) is 43.0 Å². The number of nitro benzene ring substituents is 1. The number of methoxy groups -OCH3 is 1. The van der Waals surface area contributed by atoms with E-state index in [1.54, 1.807) is 6.07 Å². The van der Waals surface area contributed by atoms with Crippen LogP contribution in [0, 0.1) is 15.9 Å². The second-order valence-corrected chi connectivity index (χ2v) is 10.6. The Hall–Kier alpha value is -3.81. The maximum Gasteiger partial charge on any atom is 0.294 e. The summed E-state index contributed by atoms with van der Waals surface area (Å²) in [5.41, 5.74) is -0.248. The Morgan fingerprint density at radius 1 is 1.25 bits per heavy atom. The molecule has 2 heterocycles. The lowest BCUT2D eigenvalue weighted by Crippen LogP contribution is -2.36. The molecule has 0 amide bonds. The molecule has 0 bridgehead atoms. The molecular formula is C26H32ClFN8O4. The number of nitrogens with one attached hydrogen (secondary N) is 2. The van der Waals surface area contributed by atoms with Crippen molar-refractivity contribution in [3.63, 3.8) is 0 Å². The van der Waals surface area contributed by atoms with E-state index in [1.165, 1.54) is 39.4 Å². The van der Waals surface area contributed by atoms with Gasteiger partial charge >= 0.3 is 0 Å². The van der Waals surface area contributed by atoms with E-state index in [9.17, 15) is 19.6 Å². The SMILES string of the molecule is COc1cc(N(C)C[C@@H]2CCCN2C)c([N+](=O)[O-])cc1Nc1ncnc(Nc2cc(Cl)c(F)cc2C(C)(C)O)n1. The van der Waals surface area contributed by atoms with Crippen LogP contribution in [-0.2, 0) is 5.60 Å². The van der Waals surface area contributed by atoms with Gasteiger partial charge in [0.15, 0.2) is 0 Å². The van der Waals surface area contributed by atoms with Crippen molar-refractivity contribution in [3.05, 3.63) is 57.1 Å². The molecular weight excluding hydrogens is 543 g/mol. The molecule has 1 aromatic heterocycles. The molecule has 1 saturated heterocycles. The molecule has 1 aliphatic heterocycles. The van der Waals surface area contributed by atoms with Gasteiger partial charge in [-0.15, -0.1) is 0 Å². The number of benzene rings is 2. The summed E-state index contributed by atoms with van der Waals surface area (Å²) in [6, 6.07) is 5.76. The minimum absolute atomic E-state index is 0.0659. The zero-order valence-electron chi connectivity index (χ0n) is 22.9. The number of hydrogen-bond donors (Lipinski definition) is 3. The van der Waals surface area contributed by atoms with Gasteiger partial charge in [0.05, 0.1) is 28.3 Å². The van der Waals surface area contributed by atoms with Crippen molar-refractivity contribution >= 4 is 46.2 Å². The van der Waals surface area contributed by atoms with E-state index in [1.807, 2.05) is 11.9 Å². The second-order valence-electron chi connectivity index (χ2n) is 10.2. The fourth-order valence-corrected chi connectivity index (χ4v) is 4.88. The molecule has 0 saturated carbocycles. The van der Waals surface area contributed by atoms with Gasteiger partial charge < -0.3 is 30.3 Å². The fourth-order valence-electron chi connectivity index (χ4n) is 4.71. The van der Waals surface area contributed by atoms with Gasteiger partial charge in [0.1, 0.15) is 23.6 Å². The smallest absolute Gasteiger partial charge is 0.294 e. The Bertz CT molecular complexity index is 1400. The third-order valence-corrected chi connectivity index (χ3v) is 7.13. The first-order valence-electron chi connectivity index (χ1n) is 12.6. The highest BCUT2D eigenvalue weighted by Gasteiger charge is 2.27. The minimum atomic E-state index is -1.39. The molecule has 3 aromatic rings. The van der Waals surface area contributed by atoms with Gasteiger partial charge in [-0.2, -0.15) is 4.98 Å². The predicted molar refractivity (Wildman–Crippen MR) is 152 cm³/mol. The van der Waals surface area contributed by atoms with Crippen LogP contribution in [0.5, 0.6) is 5.75 Å². The van der Waals surface area contributed by atoms with Gasteiger partial charge in [-0.1, -0.05) is 11.6 Å². The summed E-state index contributed by atoms with van der Waals surface area (Å²) in [6.07, 6.45) is 3.36. The lowest BCUT2D eigenvalue weighted by molar-refractivity contribution is -0.384. The molecule has 14 heteroatoms. The van der Waals surface area contributed by atoms with Crippen molar-refractivity contribution in [1.29, 1.82) is 0 Å². The summed E-state index contributed by atoms with van der Waals surface area (Å²) >= 11 is 5.97. The van der Waals surface area contributed by atoms with E-state index in [2.05, 4.69) is 37.5 Å². The molecule has 214 valence electrons. The summed E-state index contributed by atoms with van der Waals surface area (Å²) in [6.45, 7) is 4.65. The van der Waals surface area contributed by atoms with Crippen molar-refractivity contribution in [2.75, 3.05) is 49.8 Å². The van der Waals surface area contributed by atoms with Crippen molar-refractivity contribution in [1.82, 2.24) is 19.9 Å². The van der Waals surface area contributed by atoms with E-state index in [0.717, 1.165) is 25.5 Å². The lowest BCUT2D eigenvalue weighted by atomic mass is 9.96. The fraction of sp³-hybridized carbons (Fsp3) is 0.423. The third kappa shape index (κ3) is 6.49. The quantitative estimate of drug-likeness (QED) is 0.226. The van der Waals surface area contributed by atoms with Gasteiger partial charge in [-0.3, -0.25) is 10.1 Å². The topological polar surface area (TPSA) is 142 Å². The van der Waals surface area contributed by atoms with Crippen LogP contribution >= 0.6 is 11.6 Å². The molecule has 1 atom stereocenters. The minimum Gasteiger partial charge on any atom is -0.494 e. The number of aliphatic hydroxyl groups is 1. The van der Waals surface area contributed by atoms with Crippen LogP contribution in [0.2, 0.25) is 5.02 Å². The largest absolute Gasteiger partial charge is 0.494 e. The number of halogens is 2. The Kier molecular flexibility index (Phi) is 8.57. The number of nitrogens with zero attached hydrogens (tertiary/aromatic N) is 6. The highest BCUT2D eigenvalue weighted by atomic mass is 35.5. The monoisotopic (exact) mass is 574 g/mol. The molecule has 2 aromatic carbocycles. The van der Waals surface area contributed by atoms with Crippen molar-refractivity contribution in [2.45, 2.75) is 38.3 Å². The molecule has 4 rings (SSSR count). The maximum atomic E-state index is 14.1. The van der Waals surface area contributed by atoms with Crippen molar-refractivity contribution < 1.29 is 19.2 Å². The van der Waals surface area contributed by atoms with Crippen LogP contribution < -0.4 is 20.3 Å². The maximum absolute atomic E-state index is 14.1. The molecule has 0 unspecified atom stereocenters. The molecule has 0 aliphatic carbocycles. The van der Waals surface area contributed by atoms with Gasteiger partial charge in [-0.05, 0) is 52.4 Å². The molecule has 0 spiro atoms. The Morgan fingerprint density at radius 3 is 2.50 bits per heavy atom. The van der Waals surface area contributed by atoms with E-state index in [4.69, 9.17) is 16.3 Å². The zero-order valence-corrected chi connectivity index (χ0v) is 23.7. The van der Waals surface area contributed by atoms with Crippen LogP contribution in [0.4, 0.5) is 39.0 Å². The number of likely N-dealkylation sites (tertiary alicyclic amines) is 1. The number of ether oxygens (including phenoxy) is 1. The van der Waals surface area contributed by atoms with Crippen LogP contribution in [0.3, 0.4) is 0 Å². The van der Waals surface area contributed by atoms with E-state index >= 15 is 0 Å². The Labute approximate surface area is 236 Å². The Morgan fingerprint density at radius 2 is 1.93 bits per heavy atom. The zero-order chi connectivity index (χ0) is 29.2. The van der Waals surface area contributed by atoms with Crippen molar-refractivity contribution in [2.24, 2.45) is 0 Å².